The van der Waals surface area contributed by atoms with Crippen LogP contribution in [0.1, 0.15) is 78.1 Å². The van der Waals surface area contributed by atoms with Crippen molar-refractivity contribution < 1.29 is 14.3 Å². The Morgan fingerprint density at radius 2 is 1.79 bits per heavy atom. The molecule has 5 saturated carbocycles. The van der Waals surface area contributed by atoms with E-state index in [0.29, 0.717) is 23.5 Å². The van der Waals surface area contributed by atoms with Gasteiger partial charge in [-0.2, -0.15) is 0 Å². The molecule has 0 aromatic heterocycles. The fraction of sp³-hybridized carbons (Fsp3) is 0.840. The summed E-state index contributed by atoms with van der Waals surface area (Å²) < 4.78 is 6.23. The summed E-state index contributed by atoms with van der Waals surface area (Å²) in [7, 11) is 0. The Balaban J connectivity index is 1.34. The summed E-state index contributed by atoms with van der Waals surface area (Å²) in [6.45, 7) is 5.01. The van der Waals surface area contributed by atoms with Gasteiger partial charge in [0, 0.05) is 24.2 Å². The second kappa shape index (κ2) is 4.62. The topological polar surface area (TPSA) is 43.4 Å². The predicted octanol–water partition coefficient (Wildman–Crippen LogP) is 4.84. The van der Waals surface area contributed by atoms with Gasteiger partial charge in [-0.25, -0.2) is 0 Å². The number of fused-ring (bicyclic) bond motifs is 10. The minimum absolute atomic E-state index is 0.0555. The molecule has 0 bridgehead atoms. The zero-order valence-corrected chi connectivity index (χ0v) is 17.3. The monoisotopic (exact) mass is 380 g/mol. The lowest BCUT2D eigenvalue weighted by Gasteiger charge is -2.62. The number of ether oxygens (including phenoxy) is 1. The first kappa shape index (κ1) is 16.7. The van der Waals surface area contributed by atoms with Gasteiger partial charge in [0.2, 0.25) is 0 Å². The third-order valence-corrected chi connectivity index (χ3v) is 11.2. The average Bonchev–Trinajstić information content (AvgIpc) is 3.55. The molecule has 0 N–H and O–H groups in total. The van der Waals surface area contributed by atoms with Crippen molar-refractivity contribution in [1.82, 2.24) is 0 Å². The molecule has 0 aromatic rings. The first-order valence-corrected chi connectivity index (χ1v) is 11.8. The van der Waals surface area contributed by atoms with Gasteiger partial charge in [0.15, 0.2) is 5.78 Å². The summed E-state index contributed by atoms with van der Waals surface area (Å²) in [4.78, 5) is 24.5. The quantitative estimate of drug-likeness (QED) is 0.565. The summed E-state index contributed by atoms with van der Waals surface area (Å²) in [6.07, 6.45) is 13.2. The van der Waals surface area contributed by atoms with Crippen LogP contribution in [0.4, 0.5) is 0 Å². The van der Waals surface area contributed by atoms with E-state index in [0.717, 1.165) is 42.9 Å². The molecule has 7 aliphatic rings. The molecule has 150 valence electrons. The molecule has 8 atom stereocenters. The number of carbonyl (C=O) groups is 2. The van der Waals surface area contributed by atoms with E-state index in [-0.39, 0.29) is 22.4 Å². The Morgan fingerprint density at radius 3 is 2.50 bits per heavy atom. The van der Waals surface area contributed by atoms with Crippen molar-refractivity contribution >= 4 is 11.8 Å². The van der Waals surface area contributed by atoms with Crippen molar-refractivity contribution in [3.05, 3.63) is 11.6 Å². The second-order valence-electron chi connectivity index (χ2n) is 12.0. The lowest BCUT2D eigenvalue weighted by molar-refractivity contribution is -0.178. The molecule has 7 rings (SSSR count). The van der Waals surface area contributed by atoms with Crippen LogP contribution in [0, 0.1) is 45.8 Å². The van der Waals surface area contributed by atoms with Crippen LogP contribution in [0.25, 0.3) is 0 Å². The Hall–Kier alpha value is -1.12. The van der Waals surface area contributed by atoms with Crippen molar-refractivity contribution in [3.63, 3.8) is 0 Å². The maximum Gasteiger partial charge on any atom is 0.306 e. The van der Waals surface area contributed by atoms with Crippen LogP contribution in [0.3, 0.4) is 0 Å². The normalized spacial score (nSPS) is 57.2. The highest BCUT2D eigenvalue weighted by Crippen LogP contribution is 2.81. The standard InChI is InChI=1S/C25H32O3/c1-22-6-3-14(26)11-19(22)24(9-10-24)13-16-17(22)4-7-23(2)21(16)15-12-18(15)25(23)8-5-20(27)28-25/h11,15-18,21H,3-10,12-13H2,1-2H3/t15-,16?,17?,18+,21?,22+,23-,25-/m0/s1. The third kappa shape index (κ3) is 1.64. The van der Waals surface area contributed by atoms with E-state index in [1.807, 2.05) is 0 Å². The number of carbonyl (C=O) groups excluding carboxylic acids is 2. The molecule has 1 saturated heterocycles. The van der Waals surface area contributed by atoms with E-state index >= 15 is 0 Å². The summed E-state index contributed by atoms with van der Waals surface area (Å²) in [6, 6.07) is 0. The van der Waals surface area contributed by atoms with Crippen LogP contribution in [0.15, 0.2) is 11.6 Å². The van der Waals surface area contributed by atoms with Gasteiger partial charge in [-0.3, -0.25) is 9.59 Å². The van der Waals surface area contributed by atoms with E-state index in [4.69, 9.17) is 4.74 Å². The lowest BCUT2D eigenvalue weighted by Crippen LogP contribution is -2.58. The molecule has 3 unspecified atom stereocenters. The molecule has 0 radical (unpaired) electrons. The molecule has 2 spiro atoms. The SMILES string of the molecule is C[C@]12CCC(=O)C=C1C1(CC1)CC1C2CC[C@@]2(C)C1[C@H]1C[C@H]1[C@@]21CCC(=O)O1. The first-order chi connectivity index (χ1) is 13.3. The zero-order valence-electron chi connectivity index (χ0n) is 17.3. The summed E-state index contributed by atoms with van der Waals surface area (Å²) in [5, 5.41) is 0. The van der Waals surface area contributed by atoms with Crippen LogP contribution < -0.4 is 0 Å². The molecule has 6 fully saturated rings. The highest BCUT2D eigenvalue weighted by molar-refractivity contribution is 5.92. The maximum atomic E-state index is 12.3. The number of ketones is 1. The summed E-state index contributed by atoms with van der Waals surface area (Å²) >= 11 is 0. The number of esters is 1. The van der Waals surface area contributed by atoms with Crippen LogP contribution in [-0.2, 0) is 14.3 Å². The van der Waals surface area contributed by atoms with Gasteiger partial charge in [0.1, 0.15) is 5.60 Å². The molecule has 0 amide bonds. The van der Waals surface area contributed by atoms with E-state index < -0.39 is 0 Å². The van der Waals surface area contributed by atoms with Crippen LogP contribution in [0.5, 0.6) is 0 Å². The molecule has 28 heavy (non-hydrogen) atoms. The van der Waals surface area contributed by atoms with Crippen LogP contribution >= 0.6 is 0 Å². The van der Waals surface area contributed by atoms with Gasteiger partial charge in [-0.15, -0.1) is 0 Å². The number of hydrogen-bond acceptors (Lipinski definition) is 3. The van der Waals surface area contributed by atoms with Crippen molar-refractivity contribution in [2.45, 2.75) is 83.7 Å². The molecular formula is C25H32O3. The van der Waals surface area contributed by atoms with Crippen LogP contribution in [0.2, 0.25) is 0 Å². The minimum atomic E-state index is -0.138. The predicted molar refractivity (Wildman–Crippen MR) is 104 cm³/mol. The Morgan fingerprint density at radius 1 is 0.964 bits per heavy atom. The smallest absolute Gasteiger partial charge is 0.306 e. The third-order valence-electron chi connectivity index (χ3n) is 11.2. The van der Waals surface area contributed by atoms with Gasteiger partial charge in [0.25, 0.3) is 0 Å². The molecule has 1 aliphatic heterocycles. The van der Waals surface area contributed by atoms with Crippen molar-refractivity contribution in [2.75, 3.05) is 0 Å². The minimum Gasteiger partial charge on any atom is -0.458 e. The van der Waals surface area contributed by atoms with Crippen LogP contribution in [-0.4, -0.2) is 17.4 Å². The second-order valence-corrected chi connectivity index (χ2v) is 12.0. The number of hydrogen-bond donors (Lipinski definition) is 0. The largest absolute Gasteiger partial charge is 0.458 e. The Bertz CT molecular complexity index is 852. The molecule has 6 aliphatic carbocycles. The first-order valence-electron chi connectivity index (χ1n) is 11.8. The van der Waals surface area contributed by atoms with Gasteiger partial charge in [-0.05, 0) is 91.9 Å². The number of rotatable bonds is 0. The molecule has 1 heterocycles. The fourth-order valence-corrected chi connectivity index (χ4v) is 9.98. The summed E-state index contributed by atoms with van der Waals surface area (Å²) in [5.41, 5.74) is 2.18. The van der Waals surface area contributed by atoms with E-state index in [1.54, 1.807) is 5.57 Å². The van der Waals surface area contributed by atoms with Gasteiger partial charge in [-0.1, -0.05) is 19.4 Å². The lowest BCUT2D eigenvalue weighted by atomic mass is 9.43. The molecule has 0 aromatic carbocycles. The highest BCUT2D eigenvalue weighted by Gasteiger charge is 2.80. The fourth-order valence-electron chi connectivity index (χ4n) is 9.98. The van der Waals surface area contributed by atoms with E-state index in [2.05, 4.69) is 19.9 Å². The van der Waals surface area contributed by atoms with E-state index in [1.165, 1.54) is 38.5 Å². The van der Waals surface area contributed by atoms with Crippen molar-refractivity contribution in [1.29, 1.82) is 0 Å². The molecule has 3 nitrogen and oxygen atoms in total. The Labute approximate surface area is 167 Å². The number of allylic oxidation sites excluding steroid dienone is 1. The van der Waals surface area contributed by atoms with Gasteiger partial charge in [0.05, 0.1) is 0 Å². The summed E-state index contributed by atoms with van der Waals surface area (Å²) in [5.74, 6) is 4.09. The van der Waals surface area contributed by atoms with Crippen molar-refractivity contribution in [2.24, 2.45) is 45.8 Å². The van der Waals surface area contributed by atoms with Gasteiger partial charge >= 0.3 is 5.97 Å². The maximum absolute atomic E-state index is 12.3. The van der Waals surface area contributed by atoms with E-state index in [9.17, 15) is 9.59 Å². The average molecular weight is 381 g/mol. The van der Waals surface area contributed by atoms with Gasteiger partial charge < -0.3 is 4.74 Å². The zero-order chi connectivity index (χ0) is 19.1. The molecular weight excluding hydrogens is 348 g/mol. The van der Waals surface area contributed by atoms with Crippen molar-refractivity contribution in [3.8, 4) is 0 Å². The molecule has 3 heteroatoms. The highest BCUT2D eigenvalue weighted by atomic mass is 16.6. The Kier molecular flexibility index (Phi) is 2.75.